The molecule has 1 aliphatic carbocycles. The Morgan fingerprint density at radius 2 is 1.92 bits per heavy atom. The summed E-state index contributed by atoms with van der Waals surface area (Å²) in [7, 11) is 2.24. The number of nitrogens with one attached hydrogen (secondary N) is 2. The molecule has 146 valence electrons. The number of guanidine groups is 1. The third kappa shape index (κ3) is 6.96. The molecule has 1 aromatic rings. The number of nitrogens with zero attached hydrogens (tertiary/aromatic N) is 2. The van der Waals surface area contributed by atoms with Crippen molar-refractivity contribution in [2.45, 2.75) is 51.0 Å². The first-order valence-electron chi connectivity index (χ1n) is 10.1. The highest BCUT2D eigenvalue weighted by Crippen LogP contribution is 2.21. The number of likely N-dealkylation sites (N-methyl/N-ethyl adjacent to an activating group) is 1. The van der Waals surface area contributed by atoms with Gasteiger partial charge in [0.2, 0.25) is 0 Å². The van der Waals surface area contributed by atoms with Gasteiger partial charge in [-0.1, -0.05) is 49.6 Å². The van der Waals surface area contributed by atoms with Crippen molar-refractivity contribution in [2.24, 2.45) is 4.99 Å². The van der Waals surface area contributed by atoms with Crippen LogP contribution in [0.25, 0.3) is 0 Å². The average Bonchev–Trinajstić information content (AvgIpc) is 2.69. The highest BCUT2D eigenvalue weighted by Gasteiger charge is 2.17. The summed E-state index contributed by atoms with van der Waals surface area (Å²) in [4.78, 5) is 7.17. The van der Waals surface area contributed by atoms with Gasteiger partial charge in [-0.2, -0.15) is 0 Å². The molecule has 26 heavy (non-hydrogen) atoms. The molecule has 1 atom stereocenters. The normalized spacial score (nSPS) is 17.3. The number of aliphatic imine (C=N–C) groups is 1. The quantitative estimate of drug-likeness (QED) is 0.468. The molecule has 1 aromatic carbocycles. The predicted octanol–water partition coefficient (Wildman–Crippen LogP) is 2.58. The van der Waals surface area contributed by atoms with Crippen LogP contribution >= 0.6 is 0 Å². The summed E-state index contributed by atoms with van der Waals surface area (Å²) in [5.74, 6) is 0.871. The van der Waals surface area contributed by atoms with Crippen molar-refractivity contribution in [3.63, 3.8) is 0 Å². The van der Waals surface area contributed by atoms with E-state index >= 15 is 0 Å². The maximum atomic E-state index is 9.70. The number of rotatable bonds is 9. The number of benzene rings is 1. The Labute approximate surface area is 158 Å². The van der Waals surface area contributed by atoms with E-state index in [-0.39, 0.29) is 12.5 Å². The van der Waals surface area contributed by atoms with E-state index in [2.05, 4.69) is 46.6 Å². The van der Waals surface area contributed by atoms with Crippen molar-refractivity contribution in [3.05, 3.63) is 35.9 Å². The zero-order valence-electron chi connectivity index (χ0n) is 16.5. The van der Waals surface area contributed by atoms with Crippen molar-refractivity contribution in [3.8, 4) is 0 Å². The van der Waals surface area contributed by atoms with Crippen LogP contribution < -0.4 is 10.6 Å². The van der Waals surface area contributed by atoms with E-state index in [0.29, 0.717) is 6.54 Å². The van der Waals surface area contributed by atoms with Gasteiger partial charge in [-0.05, 0) is 32.4 Å². The maximum absolute atomic E-state index is 9.70. The first kappa shape index (κ1) is 20.7. The molecular formula is C21H36N4O. The largest absolute Gasteiger partial charge is 0.396 e. The SMILES string of the molecule is CCNC(=NCC(CO)c1ccccc1)NCCN(C)C1CCCCC1. The minimum atomic E-state index is 0.0385. The Balaban J connectivity index is 1.81. The van der Waals surface area contributed by atoms with Crippen LogP contribution in [0.2, 0.25) is 0 Å². The van der Waals surface area contributed by atoms with Crippen molar-refractivity contribution >= 4 is 5.96 Å². The van der Waals surface area contributed by atoms with Crippen LogP contribution in [0.5, 0.6) is 0 Å². The Hall–Kier alpha value is -1.59. The molecule has 0 saturated heterocycles. The van der Waals surface area contributed by atoms with Crippen molar-refractivity contribution in [2.75, 3.05) is 39.8 Å². The average molecular weight is 361 g/mol. The van der Waals surface area contributed by atoms with Crippen molar-refractivity contribution in [1.29, 1.82) is 0 Å². The minimum absolute atomic E-state index is 0.0385. The van der Waals surface area contributed by atoms with Gasteiger partial charge in [0.1, 0.15) is 0 Å². The van der Waals surface area contributed by atoms with Crippen LogP contribution in [0.4, 0.5) is 0 Å². The van der Waals surface area contributed by atoms with Gasteiger partial charge in [-0.25, -0.2) is 0 Å². The minimum Gasteiger partial charge on any atom is -0.396 e. The second-order valence-corrected chi connectivity index (χ2v) is 7.21. The Morgan fingerprint density at radius 3 is 2.58 bits per heavy atom. The molecule has 0 bridgehead atoms. The van der Waals surface area contributed by atoms with Crippen molar-refractivity contribution < 1.29 is 5.11 Å². The topological polar surface area (TPSA) is 59.9 Å². The summed E-state index contributed by atoms with van der Waals surface area (Å²) in [6.07, 6.45) is 6.80. The summed E-state index contributed by atoms with van der Waals surface area (Å²) in [6, 6.07) is 10.8. The Morgan fingerprint density at radius 1 is 1.19 bits per heavy atom. The first-order valence-corrected chi connectivity index (χ1v) is 10.1. The lowest BCUT2D eigenvalue weighted by Crippen LogP contribution is -2.43. The Kier molecular flexibility index (Phi) is 9.50. The van der Waals surface area contributed by atoms with Gasteiger partial charge >= 0.3 is 0 Å². The van der Waals surface area contributed by atoms with Crippen LogP contribution in [0, 0.1) is 0 Å². The zero-order valence-corrected chi connectivity index (χ0v) is 16.5. The van der Waals surface area contributed by atoms with Crippen LogP contribution in [-0.4, -0.2) is 61.8 Å². The molecule has 2 rings (SSSR count). The lowest BCUT2D eigenvalue weighted by molar-refractivity contribution is 0.194. The zero-order chi connectivity index (χ0) is 18.6. The van der Waals surface area contributed by atoms with Gasteiger partial charge in [-0.3, -0.25) is 4.99 Å². The van der Waals surface area contributed by atoms with Gasteiger partial charge in [0.15, 0.2) is 5.96 Å². The summed E-state index contributed by atoms with van der Waals surface area (Å²) < 4.78 is 0. The number of hydrogen-bond acceptors (Lipinski definition) is 3. The molecule has 3 N–H and O–H groups in total. The monoisotopic (exact) mass is 360 g/mol. The summed E-state index contributed by atoms with van der Waals surface area (Å²) in [5.41, 5.74) is 1.13. The number of aliphatic hydroxyl groups is 1. The highest BCUT2D eigenvalue weighted by molar-refractivity contribution is 5.79. The van der Waals surface area contributed by atoms with E-state index in [9.17, 15) is 5.11 Å². The molecule has 1 fully saturated rings. The number of hydrogen-bond donors (Lipinski definition) is 3. The van der Waals surface area contributed by atoms with Crippen LogP contribution in [0.1, 0.15) is 50.5 Å². The molecule has 5 nitrogen and oxygen atoms in total. The molecule has 1 saturated carbocycles. The lowest BCUT2D eigenvalue weighted by Gasteiger charge is -2.31. The first-order chi connectivity index (χ1) is 12.7. The molecule has 0 radical (unpaired) electrons. The highest BCUT2D eigenvalue weighted by atomic mass is 16.3. The van der Waals surface area contributed by atoms with Crippen LogP contribution in [0.15, 0.2) is 35.3 Å². The van der Waals surface area contributed by atoms with Crippen LogP contribution in [-0.2, 0) is 0 Å². The molecule has 1 aliphatic rings. The Bertz CT molecular complexity index is 514. The predicted molar refractivity (Wildman–Crippen MR) is 110 cm³/mol. The van der Waals surface area contributed by atoms with Crippen molar-refractivity contribution in [1.82, 2.24) is 15.5 Å². The fraction of sp³-hybridized carbons (Fsp3) is 0.667. The van der Waals surface area contributed by atoms with E-state index in [0.717, 1.165) is 37.2 Å². The molecule has 0 aliphatic heterocycles. The lowest BCUT2D eigenvalue weighted by atomic mass is 9.94. The third-order valence-electron chi connectivity index (χ3n) is 5.26. The molecule has 0 amide bonds. The van der Waals surface area contributed by atoms with E-state index in [4.69, 9.17) is 0 Å². The van der Waals surface area contributed by atoms with E-state index < -0.39 is 0 Å². The molecule has 0 spiro atoms. The summed E-state index contributed by atoms with van der Waals surface area (Å²) in [6.45, 7) is 5.50. The second kappa shape index (κ2) is 11.9. The van der Waals surface area contributed by atoms with Gasteiger partial charge in [0.05, 0.1) is 13.2 Å². The fourth-order valence-electron chi connectivity index (χ4n) is 3.59. The van der Waals surface area contributed by atoms with E-state index in [1.54, 1.807) is 0 Å². The van der Waals surface area contributed by atoms with Gasteiger partial charge in [0, 0.05) is 31.6 Å². The maximum Gasteiger partial charge on any atom is 0.191 e. The molecule has 1 unspecified atom stereocenters. The fourth-order valence-corrected chi connectivity index (χ4v) is 3.59. The molecular weight excluding hydrogens is 324 g/mol. The molecule has 5 heteroatoms. The summed E-state index contributed by atoms with van der Waals surface area (Å²) >= 11 is 0. The number of aliphatic hydroxyl groups excluding tert-OH is 1. The van der Waals surface area contributed by atoms with E-state index in [1.165, 1.54) is 32.1 Å². The second-order valence-electron chi connectivity index (χ2n) is 7.21. The van der Waals surface area contributed by atoms with Gasteiger partial charge in [-0.15, -0.1) is 0 Å². The van der Waals surface area contributed by atoms with Gasteiger partial charge < -0.3 is 20.6 Å². The van der Waals surface area contributed by atoms with Crippen LogP contribution in [0.3, 0.4) is 0 Å². The molecule has 0 heterocycles. The summed E-state index contributed by atoms with van der Waals surface area (Å²) in [5, 5.41) is 16.4. The third-order valence-corrected chi connectivity index (χ3v) is 5.26. The molecule has 0 aromatic heterocycles. The smallest absolute Gasteiger partial charge is 0.191 e. The van der Waals surface area contributed by atoms with Gasteiger partial charge in [0.25, 0.3) is 0 Å². The van der Waals surface area contributed by atoms with E-state index in [1.807, 2.05) is 18.2 Å². The standard InChI is InChI=1S/C21H36N4O/c1-3-22-21(23-14-15-25(2)20-12-8-5-9-13-20)24-16-19(17-26)18-10-6-4-7-11-18/h4,6-7,10-11,19-20,26H,3,5,8-9,12-17H2,1-2H3,(H2,22,23,24).